The highest BCUT2D eigenvalue weighted by Crippen LogP contribution is 2.14. The number of halogens is 1. The van der Waals surface area contributed by atoms with Gasteiger partial charge in [-0.2, -0.15) is 0 Å². The Morgan fingerprint density at radius 3 is 3.17 bits per heavy atom. The van der Waals surface area contributed by atoms with E-state index in [2.05, 4.69) is 39.1 Å². The quantitative estimate of drug-likeness (QED) is 0.714. The first kappa shape index (κ1) is 9.99. The second kappa shape index (κ2) is 4.82. The Bertz CT molecular complexity index is 203. The van der Waals surface area contributed by atoms with Crippen LogP contribution in [-0.4, -0.2) is 29.6 Å². The van der Waals surface area contributed by atoms with Crippen molar-refractivity contribution in [3.8, 4) is 0 Å². The van der Waals surface area contributed by atoms with Crippen molar-refractivity contribution in [1.82, 2.24) is 10.2 Å². The highest BCUT2D eigenvalue weighted by atomic mass is 79.9. The lowest BCUT2D eigenvalue weighted by atomic mass is 10.3. The van der Waals surface area contributed by atoms with E-state index in [1.807, 2.05) is 0 Å². The van der Waals surface area contributed by atoms with Crippen molar-refractivity contribution in [2.45, 2.75) is 13.3 Å². The molecule has 0 radical (unpaired) electrons. The Labute approximate surface area is 87.1 Å². The number of hydrogen-bond donors (Lipinski definition) is 1. The topological polar surface area (TPSA) is 15.3 Å². The minimum atomic E-state index is 0.863. The summed E-state index contributed by atoms with van der Waals surface area (Å²) < 4.78 is 1.23. The van der Waals surface area contributed by atoms with Gasteiger partial charge in [0, 0.05) is 17.6 Å². The fourth-order valence-electron chi connectivity index (χ4n) is 1.14. The van der Waals surface area contributed by atoms with Gasteiger partial charge >= 0.3 is 0 Å². The highest BCUT2D eigenvalue weighted by Gasteiger charge is 2.12. The zero-order valence-corrected chi connectivity index (χ0v) is 9.54. The molecule has 0 spiro atoms. The van der Waals surface area contributed by atoms with Crippen LogP contribution in [0.1, 0.15) is 13.3 Å². The largest absolute Gasteiger partial charge is 0.363 e. The molecule has 0 aliphatic carbocycles. The average molecular weight is 249 g/mol. The van der Waals surface area contributed by atoms with E-state index in [1.165, 1.54) is 4.48 Å². The first-order valence-electron chi connectivity index (χ1n) is 4.11. The maximum absolute atomic E-state index is 5.19. The van der Waals surface area contributed by atoms with Gasteiger partial charge in [0.2, 0.25) is 0 Å². The molecule has 0 atom stereocenters. The molecule has 12 heavy (non-hydrogen) atoms. The molecular formula is C8H13BrN2S. The van der Waals surface area contributed by atoms with Gasteiger partial charge in [-0.25, -0.2) is 0 Å². The molecule has 0 saturated heterocycles. The molecule has 0 saturated carbocycles. The second-order valence-corrected chi connectivity index (χ2v) is 4.10. The molecule has 0 bridgehead atoms. The molecule has 1 heterocycles. The van der Waals surface area contributed by atoms with E-state index in [0.29, 0.717) is 0 Å². The van der Waals surface area contributed by atoms with Crippen molar-refractivity contribution in [1.29, 1.82) is 0 Å². The fraction of sp³-hybridized carbons (Fsp3) is 0.625. The van der Waals surface area contributed by atoms with Gasteiger partial charge in [0.1, 0.15) is 0 Å². The maximum atomic E-state index is 5.19. The third kappa shape index (κ3) is 2.75. The monoisotopic (exact) mass is 248 g/mol. The SMILES string of the molecule is CCNC(=S)N1CCC=C(Br)C1. The molecule has 4 heteroatoms. The third-order valence-electron chi connectivity index (χ3n) is 1.72. The van der Waals surface area contributed by atoms with Crippen LogP contribution in [0.3, 0.4) is 0 Å². The van der Waals surface area contributed by atoms with E-state index >= 15 is 0 Å². The smallest absolute Gasteiger partial charge is 0.169 e. The van der Waals surface area contributed by atoms with Gasteiger partial charge in [0.05, 0.1) is 6.54 Å². The van der Waals surface area contributed by atoms with Crippen LogP contribution < -0.4 is 5.32 Å². The van der Waals surface area contributed by atoms with Crippen LogP contribution >= 0.6 is 28.1 Å². The first-order chi connectivity index (χ1) is 5.74. The predicted molar refractivity (Wildman–Crippen MR) is 59.5 cm³/mol. The summed E-state index contributed by atoms with van der Waals surface area (Å²) in [5, 5.41) is 4.01. The third-order valence-corrected chi connectivity index (χ3v) is 2.70. The van der Waals surface area contributed by atoms with E-state index < -0.39 is 0 Å². The van der Waals surface area contributed by atoms with Crippen LogP contribution in [-0.2, 0) is 0 Å². The number of hydrogen-bond acceptors (Lipinski definition) is 1. The van der Waals surface area contributed by atoms with Crippen LogP contribution in [0.25, 0.3) is 0 Å². The van der Waals surface area contributed by atoms with Gasteiger partial charge in [-0.15, -0.1) is 0 Å². The molecule has 68 valence electrons. The molecule has 0 aromatic carbocycles. The summed E-state index contributed by atoms with van der Waals surface area (Å²) in [5.41, 5.74) is 0. The Hall–Kier alpha value is -0.0900. The van der Waals surface area contributed by atoms with E-state index in [4.69, 9.17) is 12.2 Å². The molecule has 2 nitrogen and oxygen atoms in total. The van der Waals surface area contributed by atoms with Gasteiger partial charge in [0.25, 0.3) is 0 Å². The Kier molecular flexibility index (Phi) is 4.01. The minimum Gasteiger partial charge on any atom is -0.363 e. The van der Waals surface area contributed by atoms with Gasteiger partial charge in [-0.3, -0.25) is 0 Å². The lowest BCUT2D eigenvalue weighted by Gasteiger charge is -2.27. The minimum absolute atomic E-state index is 0.863. The van der Waals surface area contributed by atoms with Crippen molar-refractivity contribution in [2.24, 2.45) is 0 Å². The molecule has 1 aliphatic rings. The molecule has 0 fully saturated rings. The second-order valence-electron chi connectivity index (χ2n) is 2.70. The molecule has 0 aromatic heterocycles. The standard InChI is InChI=1S/C8H13BrN2S/c1-2-10-8(12)11-5-3-4-7(9)6-11/h4H,2-3,5-6H2,1H3,(H,10,12). The summed E-state index contributed by atoms with van der Waals surface area (Å²) in [6.07, 6.45) is 3.27. The zero-order valence-electron chi connectivity index (χ0n) is 7.14. The average Bonchev–Trinajstić information content (AvgIpc) is 2.05. The van der Waals surface area contributed by atoms with Crippen molar-refractivity contribution >= 4 is 33.3 Å². The van der Waals surface area contributed by atoms with Crippen LogP contribution in [0.15, 0.2) is 10.6 Å². The normalized spacial score (nSPS) is 17.2. The first-order valence-corrected chi connectivity index (χ1v) is 5.31. The Balaban J connectivity index is 2.43. The van der Waals surface area contributed by atoms with E-state index in [0.717, 1.165) is 31.2 Å². The Morgan fingerprint density at radius 2 is 2.58 bits per heavy atom. The van der Waals surface area contributed by atoms with Crippen molar-refractivity contribution < 1.29 is 0 Å². The number of nitrogens with one attached hydrogen (secondary N) is 1. The van der Waals surface area contributed by atoms with E-state index in [-0.39, 0.29) is 0 Å². The molecular weight excluding hydrogens is 236 g/mol. The molecule has 0 aromatic rings. The van der Waals surface area contributed by atoms with Crippen LogP contribution in [0.4, 0.5) is 0 Å². The van der Waals surface area contributed by atoms with Crippen molar-refractivity contribution in [3.05, 3.63) is 10.6 Å². The van der Waals surface area contributed by atoms with Crippen molar-refractivity contribution in [2.75, 3.05) is 19.6 Å². The summed E-state index contributed by atoms with van der Waals surface area (Å²) in [7, 11) is 0. The van der Waals surface area contributed by atoms with Crippen LogP contribution in [0.5, 0.6) is 0 Å². The van der Waals surface area contributed by atoms with Gasteiger partial charge < -0.3 is 10.2 Å². The van der Waals surface area contributed by atoms with Gasteiger partial charge in [0.15, 0.2) is 5.11 Å². The van der Waals surface area contributed by atoms with Gasteiger partial charge in [-0.05, 0) is 25.6 Å². The summed E-state index contributed by atoms with van der Waals surface area (Å²) in [6.45, 7) is 4.89. The number of nitrogens with zero attached hydrogens (tertiary/aromatic N) is 1. The molecule has 1 N–H and O–H groups in total. The molecule has 0 amide bonds. The molecule has 1 rings (SSSR count). The summed E-state index contributed by atoms with van der Waals surface area (Å²) in [6, 6.07) is 0. The van der Waals surface area contributed by atoms with E-state index in [1.54, 1.807) is 0 Å². The lowest BCUT2D eigenvalue weighted by molar-refractivity contribution is 0.444. The summed E-state index contributed by atoms with van der Waals surface area (Å²) in [4.78, 5) is 2.17. The summed E-state index contributed by atoms with van der Waals surface area (Å²) in [5.74, 6) is 0. The molecule has 0 unspecified atom stereocenters. The van der Waals surface area contributed by atoms with Gasteiger partial charge in [-0.1, -0.05) is 22.0 Å². The molecule has 1 aliphatic heterocycles. The highest BCUT2D eigenvalue weighted by molar-refractivity contribution is 9.11. The predicted octanol–water partition coefficient (Wildman–Crippen LogP) is 1.87. The van der Waals surface area contributed by atoms with Crippen LogP contribution in [0.2, 0.25) is 0 Å². The number of rotatable bonds is 1. The van der Waals surface area contributed by atoms with Crippen molar-refractivity contribution in [3.63, 3.8) is 0 Å². The Morgan fingerprint density at radius 1 is 1.83 bits per heavy atom. The maximum Gasteiger partial charge on any atom is 0.169 e. The van der Waals surface area contributed by atoms with E-state index in [9.17, 15) is 0 Å². The zero-order chi connectivity index (χ0) is 8.97. The lowest BCUT2D eigenvalue weighted by Crippen LogP contribution is -2.41. The number of thiocarbonyl (C=S) groups is 1. The fourth-order valence-corrected chi connectivity index (χ4v) is 1.97. The van der Waals surface area contributed by atoms with Crippen LogP contribution in [0, 0.1) is 0 Å². The summed E-state index contributed by atoms with van der Waals surface area (Å²) >= 11 is 8.67.